The summed E-state index contributed by atoms with van der Waals surface area (Å²) in [6.07, 6.45) is -0.376. The van der Waals surface area contributed by atoms with Gasteiger partial charge in [-0.15, -0.1) is 11.3 Å². The van der Waals surface area contributed by atoms with Gasteiger partial charge in [0, 0.05) is 21.9 Å². The predicted molar refractivity (Wildman–Crippen MR) is 97.8 cm³/mol. The number of carboxylic acid groups (broad SMARTS) is 1. The van der Waals surface area contributed by atoms with E-state index in [0.717, 1.165) is 23.5 Å². The minimum Gasteiger partial charge on any atom is -0.504 e. The van der Waals surface area contributed by atoms with E-state index in [9.17, 15) is 28.6 Å². The fraction of sp³-hybridized carbons (Fsp3) is 0.0526. The van der Waals surface area contributed by atoms with E-state index in [1.54, 1.807) is 29.6 Å². The molecular formula is C19H11ClF2O4S. The maximum absolute atomic E-state index is 13.5. The molecule has 3 rings (SSSR count). The number of hydrogen-bond donors (Lipinski definition) is 2. The Balaban J connectivity index is 1.98. The third-order valence-corrected chi connectivity index (χ3v) is 5.17. The number of hydrogen-bond acceptors (Lipinski definition) is 4. The van der Waals surface area contributed by atoms with Crippen molar-refractivity contribution in [2.45, 2.75) is 6.42 Å². The molecule has 0 saturated carbocycles. The molecule has 0 saturated heterocycles. The smallest absolute Gasteiger partial charge is 0.337 e. The monoisotopic (exact) mass is 408 g/mol. The second-order valence-corrected chi connectivity index (χ2v) is 7.02. The lowest BCUT2D eigenvalue weighted by Gasteiger charge is -2.06. The number of carbonyl (C=O) groups is 2. The molecule has 0 fully saturated rings. The highest BCUT2D eigenvalue weighted by atomic mass is 35.5. The first kappa shape index (κ1) is 19.0. The first-order chi connectivity index (χ1) is 12.8. The molecule has 0 atom stereocenters. The average Bonchev–Trinajstić information content (AvgIpc) is 3.04. The zero-order valence-electron chi connectivity index (χ0n) is 13.5. The number of aromatic carboxylic acids is 1. The molecule has 0 spiro atoms. The Morgan fingerprint density at radius 3 is 2.37 bits per heavy atom. The SMILES string of the molecule is O=C(Cc1scc(-c2ccc(Cl)cc2)c1C(=O)O)c1ccc(F)c(F)c1O. The van der Waals surface area contributed by atoms with Crippen LogP contribution in [0.15, 0.2) is 41.8 Å². The quantitative estimate of drug-likeness (QED) is 0.571. The Bertz CT molecular complexity index is 1040. The van der Waals surface area contributed by atoms with E-state index in [1.165, 1.54) is 0 Å². The van der Waals surface area contributed by atoms with Gasteiger partial charge in [-0.25, -0.2) is 9.18 Å². The summed E-state index contributed by atoms with van der Waals surface area (Å²) < 4.78 is 26.6. The summed E-state index contributed by atoms with van der Waals surface area (Å²) in [6.45, 7) is 0. The number of ketones is 1. The zero-order valence-corrected chi connectivity index (χ0v) is 15.1. The van der Waals surface area contributed by atoms with Crippen molar-refractivity contribution < 1.29 is 28.6 Å². The summed E-state index contributed by atoms with van der Waals surface area (Å²) in [4.78, 5) is 24.4. The molecule has 2 aromatic carbocycles. The Morgan fingerprint density at radius 2 is 1.74 bits per heavy atom. The lowest BCUT2D eigenvalue weighted by Crippen LogP contribution is -2.08. The van der Waals surface area contributed by atoms with E-state index in [1.807, 2.05) is 0 Å². The molecule has 3 aromatic rings. The maximum Gasteiger partial charge on any atom is 0.337 e. The minimum atomic E-state index is -1.52. The number of thiophene rings is 1. The van der Waals surface area contributed by atoms with Crippen molar-refractivity contribution in [3.8, 4) is 16.9 Å². The van der Waals surface area contributed by atoms with Gasteiger partial charge in [0.2, 0.25) is 5.82 Å². The Labute approximate surface area is 161 Å². The van der Waals surface area contributed by atoms with Crippen molar-refractivity contribution in [2.75, 3.05) is 0 Å². The summed E-state index contributed by atoms with van der Waals surface area (Å²) in [5, 5.41) is 21.3. The molecule has 2 N–H and O–H groups in total. The number of halogens is 3. The maximum atomic E-state index is 13.5. The van der Waals surface area contributed by atoms with Crippen molar-refractivity contribution >= 4 is 34.7 Å². The number of carbonyl (C=O) groups excluding carboxylic acids is 1. The fourth-order valence-corrected chi connectivity index (χ4v) is 3.78. The number of rotatable bonds is 5. The highest BCUT2D eigenvalue weighted by Crippen LogP contribution is 2.34. The molecule has 27 heavy (non-hydrogen) atoms. The second-order valence-electron chi connectivity index (χ2n) is 5.62. The zero-order chi connectivity index (χ0) is 19.7. The molecular weight excluding hydrogens is 398 g/mol. The van der Waals surface area contributed by atoms with Crippen molar-refractivity contribution in [3.05, 3.63) is 74.4 Å². The van der Waals surface area contributed by atoms with Crippen LogP contribution < -0.4 is 0 Å². The van der Waals surface area contributed by atoms with Gasteiger partial charge >= 0.3 is 5.97 Å². The van der Waals surface area contributed by atoms with Crippen LogP contribution >= 0.6 is 22.9 Å². The summed E-state index contributed by atoms with van der Waals surface area (Å²) >= 11 is 6.90. The minimum absolute atomic E-state index is 0.0576. The number of benzene rings is 2. The normalized spacial score (nSPS) is 10.8. The van der Waals surface area contributed by atoms with Crippen LogP contribution in [-0.2, 0) is 6.42 Å². The number of phenolic OH excluding ortho intramolecular Hbond substituents is 1. The summed E-state index contributed by atoms with van der Waals surface area (Å²) in [5.74, 6) is -5.84. The highest BCUT2D eigenvalue weighted by molar-refractivity contribution is 7.11. The van der Waals surface area contributed by atoms with Crippen LogP contribution in [-0.4, -0.2) is 22.0 Å². The van der Waals surface area contributed by atoms with Crippen LogP contribution in [0, 0.1) is 11.6 Å². The first-order valence-electron chi connectivity index (χ1n) is 7.59. The Kier molecular flexibility index (Phi) is 5.25. The van der Waals surface area contributed by atoms with Crippen LogP contribution in [0.5, 0.6) is 5.75 Å². The van der Waals surface area contributed by atoms with Gasteiger partial charge in [-0.3, -0.25) is 4.79 Å². The molecule has 8 heteroatoms. The van der Waals surface area contributed by atoms with Crippen molar-refractivity contribution in [1.29, 1.82) is 0 Å². The molecule has 0 radical (unpaired) electrons. The molecule has 0 aliphatic rings. The van der Waals surface area contributed by atoms with Crippen LogP contribution in [0.1, 0.15) is 25.6 Å². The second kappa shape index (κ2) is 7.46. The molecule has 1 aromatic heterocycles. The van der Waals surface area contributed by atoms with Gasteiger partial charge in [0.15, 0.2) is 17.3 Å². The Hall–Kier alpha value is -2.77. The van der Waals surface area contributed by atoms with Crippen LogP contribution in [0.2, 0.25) is 5.02 Å². The third-order valence-electron chi connectivity index (χ3n) is 3.93. The number of Topliss-reactive ketones (excluding diaryl/α,β-unsaturated/α-hetero) is 1. The molecule has 0 amide bonds. The molecule has 1 heterocycles. The molecule has 4 nitrogen and oxygen atoms in total. The van der Waals surface area contributed by atoms with E-state index in [2.05, 4.69) is 0 Å². The third kappa shape index (κ3) is 3.70. The van der Waals surface area contributed by atoms with Crippen LogP contribution in [0.25, 0.3) is 11.1 Å². The van der Waals surface area contributed by atoms with Gasteiger partial charge in [-0.2, -0.15) is 4.39 Å². The van der Waals surface area contributed by atoms with Crippen molar-refractivity contribution in [3.63, 3.8) is 0 Å². The van der Waals surface area contributed by atoms with E-state index >= 15 is 0 Å². The highest BCUT2D eigenvalue weighted by Gasteiger charge is 2.24. The number of carboxylic acids is 1. The van der Waals surface area contributed by atoms with E-state index in [4.69, 9.17) is 11.6 Å². The largest absolute Gasteiger partial charge is 0.504 e. The molecule has 0 bridgehead atoms. The van der Waals surface area contributed by atoms with Gasteiger partial charge in [0.1, 0.15) is 0 Å². The molecule has 0 aliphatic heterocycles. The number of aromatic hydroxyl groups is 1. The molecule has 0 unspecified atom stereocenters. The molecule has 0 aliphatic carbocycles. The Morgan fingerprint density at radius 1 is 1.07 bits per heavy atom. The average molecular weight is 409 g/mol. The van der Waals surface area contributed by atoms with Crippen molar-refractivity contribution in [1.82, 2.24) is 0 Å². The van der Waals surface area contributed by atoms with Crippen LogP contribution in [0.4, 0.5) is 8.78 Å². The van der Waals surface area contributed by atoms with Gasteiger partial charge < -0.3 is 10.2 Å². The fourth-order valence-electron chi connectivity index (χ4n) is 2.61. The van der Waals surface area contributed by atoms with Gasteiger partial charge in [-0.1, -0.05) is 23.7 Å². The van der Waals surface area contributed by atoms with Gasteiger partial charge in [0.25, 0.3) is 0 Å². The summed E-state index contributed by atoms with van der Waals surface area (Å²) in [5.41, 5.74) is 0.563. The topological polar surface area (TPSA) is 74.6 Å². The van der Waals surface area contributed by atoms with Crippen molar-refractivity contribution in [2.24, 2.45) is 0 Å². The van der Waals surface area contributed by atoms with Gasteiger partial charge in [-0.05, 0) is 35.2 Å². The van der Waals surface area contributed by atoms with E-state index in [0.29, 0.717) is 16.1 Å². The predicted octanol–water partition coefficient (Wildman–Crippen LogP) is 5.18. The standard InChI is InChI=1S/C19H11ClF2O4S/c20-10-3-1-9(2-4-10)12-8-27-15(16(12)19(25)26)7-14(23)11-5-6-13(21)17(22)18(11)24/h1-6,8,24H,7H2,(H,25,26). The van der Waals surface area contributed by atoms with E-state index in [-0.39, 0.29) is 16.9 Å². The van der Waals surface area contributed by atoms with Crippen LogP contribution in [0.3, 0.4) is 0 Å². The number of phenols is 1. The summed E-state index contributed by atoms with van der Waals surface area (Å²) in [6, 6.07) is 8.24. The lowest BCUT2D eigenvalue weighted by molar-refractivity contribution is 0.0697. The first-order valence-corrected chi connectivity index (χ1v) is 8.85. The van der Waals surface area contributed by atoms with E-state index < -0.39 is 34.7 Å². The lowest BCUT2D eigenvalue weighted by atomic mass is 9.99. The van der Waals surface area contributed by atoms with Gasteiger partial charge in [0.05, 0.1) is 11.1 Å². The molecule has 138 valence electrons. The summed E-state index contributed by atoms with van der Waals surface area (Å²) in [7, 11) is 0.